The van der Waals surface area contributed by atoms with Crippen LogP contribution >= 0.6 is 36.5 Å². The second-order valence-corrected chi connectivity index (χ2v) is 14.1. The van der Waals surface area contributed by atoms with E-state index in [9.17, 15) is 4.39 Å². The van der Waals surface area contributed by atoms with Gasteiger partial charge in [0.25, 0.3) is 0 Å². The van der Waals surface area contributed by atoms with Crippen molar-refractivity contribution in [3.63, 3.8) is 0 Å². The van der Waals surface area contributed by atoms with Crippen molar-refractivity contribution in [2.45, 2.75) is 129 Å². The normalized spacial score (nSPS) is 16.0. The molecule has 0 saturated carbocycles. The first kappa shape index (κ1) is 38.8. The van der Waals surface area contributed by atoms with Gasteiger partial charge in [-0.2, -0.15) is 12.6 Å². The zero-order valence-corrected chi connectivity index (χ0v) is 28.4. The lowest BCUT2D eigenvalue weighted by Gasteiger charge is -2.33. The number of allylic oxidation sites excluding steroid dienone is 4. The number of hydrogen-bond acceptors (Lipinski definition) is 6. The SMILES string of the molecule is C=C(F)/C=C(\C=N\SNCC(C)CC)C(=C/CC)/S[C@](C)(S)C(CC)COCCCCCCCCCCCC. The van der Waals surface area contributed by atoms with Gasteiger partial charge in [0, 0.05) is 35.8 Å². The number of thiol groups is 1. The zero-order chi connectivity index (χ0) is 29.4. The molecule has 0 fully saturated rings. The molecule has 0 bridgehead atoms. The average Bonchev–Trinajstić information content (AvgIpc) is 2.89. The molecule has 0 aromatic carbocycles. The maximum Gasteiger partial charge on any atom is 0.116 e. The molecule has 0 heterocycles. The second-order valence-electron chi connectivity index (χ2n) is 10.7. The van der Waals surface area contributed by atoms with Crippen LogP contribution < -0.4 is 4.72 Å². The minimum atomic E-state index is -0.482. The number of nitrogens with one attached hydrogen (secondary N) is 1. The molecule has 0 aromatic heterocycles. The number of nitrogens with zero attached hydrogens (tertiary/aromatic N) is 1. The Morgan fingerprint density at radius 3 is 2.18 bits per heavy atom. The van der Waals surface area contributed by atoms with Gasteiger partial charge in [-0.25, -0.2) is 13.5 Å². The Labute approximate surface area is 255 Å². The van der Waals surface area contributed by atoms with Crippen LogP contribution in [0.5, 0.6) is 0 Å². The molecule has 0 aromatic rings. The van der Waals surface area contributed by atoms with Crippen molar-refractivity contribution >= 4 is 42.7 Å². The van der Waals surface area contributed by atoms with Gasteiger partial charge in [-0.1, -0.05) is 111 Å². The lowest BCUT2D eigenvalue weighted by atomic mass is 10.0. The molecule has 2 unspecified atom stereocenters. The lowest BCUT2D eigenvalue weighted by molar-refractivity contribution is 0.0923. The molecular weight excluding hydrogens is 544 g/mol. The third-order valence-electron chi connectivity index (χ3n) is 6.95. The topological polar surface area (TPSA) is 33.6 Å². The molecule has 0 rings (SSSR count). The van der Waals surface area contributed by atoms with Gasteiger partial charge in [-0.3, -0.25) is 0 Å². The molecule has 0 saturated heterocycles. The van der Waals surface area contributed by atoms with Gasteiger partial charge in [-0.15, -0.1) is 11.8 Å². The molecule has 3 atom stereocenters. The molecule has 0 spiro atoms. The summed E-state index contributed by atoms with van der Waals surface area (Å²) in [5.74, 6) is 0.361. The van der Waals surface area contributed by atoms with Gasteiger partial charge in [0.2, 0.25) is 0 Å². The van der Waals surface area contributed by atoms with Gasteiger partial charge in [-0.05, 0) is 38.2 Å². The largest absolute Gasteiger partial charge is 0.381 e. The molecule has 0 aliphatic carbocycles. The molecule has 228 valence electrons. The van der Waals surface area contributed by atoms with E-state index in [0.29, 0.717) is 18.1 Å². The van der Waals surface area contributed by atoms with Crippen LogP contribution in [0.15, 0.2) is 39.4 Å². The van der Waals surface area contributed by atoms with Crippen molar-refractivity contribution in [3.8, 4) is 0 Å². The van der Waals surface area contributed by atoms with Crippen LogP contribution in [0.2, 0.25) is 0 Å². The number of thioether (sulfide) groups is 1. The van der Waals surface area contributed by atoms with E-state index in [1.54, 1.807) is 18.0 Å². The number of unbranched alkanes of at least 4 members (excludes halogenated alkanes) is 9. The minimum Gasteiger partial charge on any atom is -0.381 e. The number of hydrogen-bond donors (Lipinski definition) is 2. The molecule has 7 heteroatoms. The van der Waals surface area contributed by atoms with E-state index in [4.69, 9.17) is 17.4 Å². The van der Waals surface area contributed by atoms with Crippen molar-refractivity contribution in [2.75, 3.05) is 19.8 Å². The van der Waals surface area contributed by atoms with E-state index in [2.05, 4.69) is 63.3 Å². The van der Waals surface area contributed by atoms with Gasteiger partial charge in [0.1, 0.15) is 5.83 Å². The molecule has 1 N–H and O–H groups in total. The predicted molar refractivity (Wildman–Crippen MR) is 182 cm³/mol. The molecule has 0 aliphatic heterocycles. The second kappa shape index (κ2) is 25.5. The fraction of sp³-hybridized carbons (Fsp3) is 0.781. The van der Waals surface area contributed by atoms with Gasteiger partial charge >= 0.3 is 0 Å². The third kappa shape index (κ3) is 21.2. The summed E-state index contributed by atoms with van der Waals surface area (Å²) in [5, 5.41) is 0. The molecular formula is C32H59FN2OS3. The van der Waals surface area contributed by atoms with Crippen LogP contribution in [0.4, 0.5) is 4.39 Å². The highest BCUT2D eigenvalue weighted by Crippen LogP contribution is 2.45. The van der Waals surface area contributed by atoms with Crippen molar-refractivity contribution in [1.29, 1.82) is 0 Å². The Bertz CT molecular complexity index is 710. The van der Waals surface area contributed by atoms with E-state index < -0.39 is 5.83 Å². The van der Waals surface area contributed by atoms with E-state index >= 15 is 0 Å². The highest BCUT2D eigenvalue weighted by Gasteiger charge is 2.32. The maximum absolute atomic E-state index is 13.9. The monoisotopic (exact) mass is 602 g/mol. The van der Waals surface area contributed by atoms with E-state index in [1.807, 2.05) is 0 Å². The van der Waals surface area contributed by atoms with Gasteiger partial charge in [0.05, 0.1) is 22.8 Å². The third-order valence-corrected chi connectivity index (χ3v) is 9.47. The summed E-state index contributed by atoms with van der Waals surface area (Å²) in [6, 6.07) is 0. The average molecular weight is 603 g/mol. The summed E-state index contributed by atoms with van der Waals surface area (Å²) >= 11 is 8.04. The molecule has 0 aliphatic rings. The summed E-state index contributed by atoms with van der Waals surface area (Å²) in [7, 11) is 0. The number of rotatable bonds is 26. The fourth-order valence-corrected chi connectivity index (χ4v) is 6.54. The molecule has 0 radical (unpaired) electrons. The molecule has 39 heavy (non-hydrogen) atoms. The van der Waals surface area contributed by atoms with Crippen molar-refractivity contribution in [2.24, 2.45) is 16.2 Å². The van der Waals surface area contributed by atoms with Crippen LogP contribution in [0.1, 0.15) is 125 Å². The smallest absolute Gasteiger partial charge is 0.116 e. The van der Waals surface area contributed by atoms with Crippen molar-refractivity contribution in [3.05, 3.63) is 35.0 Å². The molecule has 0 amide bonds. The Morgan fingerprint density at radius 1 is 1.03 bits per heavy atom. The van der Waals surface area contributed by atoms with Crippen LogP contribution in [0.3, 0.4) is 0 Å². The zero-order valence-electron chi connectivity index (χ0n) is 25.9. The molecule has 3 nitrogen and oxygen atoms in total. The summed E-state index contributed by atoms with van der Waals surface area (Å²) in [4.78, 5) is 0.966. The Balaban J connectivity index is 4.80. The van der Waals surface area contributed by atoms with Gasteiger partial charge in [0.15, 0.2) is 0 Å². The standard InChI is InChI=1S/C32H59FN2OS3/c1-8-12-13-14-15-16-17-18-19-20-22-36-26-30(11-4)32(7,37)38-31(21-9-2)29(23-28(6)33)25-35-39-34-24-27(5)10-3/h21,23,25,27,30,34,37H,6,8-20,22,24,26H2,1-5,7H3/b29-23+,31-21-,35-25+/t27?,30?,32-/m0/s1. The van der Waals surface area contributed by atoms with Crippen LogP contribution in [0.25, 0.3) is 0 Å². The summed E-state index contributed by atoms with van der Waals surface area (Å²) < 4.78 is 27.4. The van der Waals surface area contributed by atoms with E-state index in [0.717, 1.165) is 43.7 Å². The fourth-order valence-electron chi connectivity index (χ4n) is 4.06. The predicted octanol–water partition coefficient (Wildman–Crippen LogP) is 11.3. The number of halogens is 1. The van der Waals surface area contributed by atoms with Crippen molar-refractivity contribution in [1.82, 2.24) is 4.72 Å². The Hall–Kier alpha value is -0.210. The number of ether oxygens (including phenoxy) is 1. The quantitative estimate of drug-likeness (QED) is 0.0258. The highest BCUT2D eigenvalue weighted by atomic mass is 32.2. The lowest BCUT2D eigenvalue weighted by Crippen LogP contribution is -2.29. The maximum atomic E-state index is 13.9. The van der Waals surface area contributed by atoms with Crippen LogP contribution in [-0.4, -0.2) is 30.1 Å². The van der Waals surface area contributed by atoms with Crippen LogP contribution in [-0.2, 0) is 4.74 Å². The van der Waals surface area contributed by atoms with Gasteiger partial charge < -0.3 is 4.74 Å². The minimum absolute atomic E-state index is 0.257. The summed E-state index contributed by atoms with van der Waals surface area (Å²) in [6.07, 6.45) is 21.5. The van der Waals surface area contributed by atoms with Crippen LogP contribution in [0, 0.1) is 11.8 Å². The Kier molecular flexibility index (Phi) is 25.4. The first-order valence-electron chi connectivity index (χ1n) is 15.4. The summed E-state index contributed by atoms with van der Waals surface area (Å²) in [6.45, 7) is 18.9. The summed E-state index contributed by atoms with van der Waals surface area (Å²) in [5.41, 5.74) is 0.716. The Morgan fingerprint density at radius 2 is 1.64 bits per heavy atom. The first-order chi connectivity index (χ1) is 18.7. The van der Waals surface area contributed by atoms with E-state index in [1.165, 1.54) is 76.0 Å². The van der Waals surface area contributed by atoms with Crippen molar-refractivity contribution < 1.29 is 9.13 Å². The highest BCUT2D eigenvalue weighted by molar-refractivity contribution is 8.14. The first-order valence-corrected chi connectivity index (χ1v) is 17.4. The van der Waals surface area contributed by atoms with E-state index in [-0.39, 0.29) is 10.00 Å².